The molecule has 1 N–H and O–H groups in total. The topological polar surface area (TPSA) is 29.5 Å². The molecule has 0 aromatic heterocycles. The molecule has 2 heteroatoms. The van der Waals surface area contributed by atoms with E-state index >= 15 is 0 Å². The summed E-state index contributed by atoms with van der Waals surface area (Å²) in [5, 5.41) is 10.2. The first-order chi connectivity index (χ1) is 7.69. The van der Waals surface area contributed by atoms with Crippen LogP contribution in [0.2, 0.25) is 0 Å². The van der Waals surface area contributed by atoms with Crippen LogP contribution in [-0.4, -0.2) is 10.7 Å². The van der Waals surface area contributed by atoms with Gasteiger partial charge in [-0.2, -0.15) is 0 Å². The van der Waals surface area contributed by atoms with Crippen molar-refractivity contribution in [3.8, 4) is 5.75 Å². The van der Waals surface area contributed by atoms with Crippen molar-refractivity contribution in [3.63, 3.8) is 0 Å². The molecule has 2 nitrogen and oxygen atoms in total. The third-order valence-corrected chi connectivity index (χ3v) is 3.98. The van der Waals surface area contributed by atoms with Crippen molar-refractivity contribution in [2.24, 2.45) is 5.92 Å². The van der Waals surface area contributed by atoms with Crippen LogP contribution in [0.4, 0.5) is 0 Å². The number of hydrogen-bond acceptors (Lipinski definition) is 2. The van der Waals surface area contributed by atoms with Gasteiger partial charge in [0.25, 0.3) is 0 Å². The van der Waals surface area contributed by atoms with Crippen LogP contribution in [0.1, 0.15) is 44.3 Å². The number of hydrogen-bond donors (Lipinski definition) is 1. The second kappa shape index (κ2) is 3.49. The summed E-state index contributed by atoms with van der Waals surface area (Å²) < 4.78 is 6.16. The standard InChI is InChI=1S/C14H18O2/c1-10-6-7-14(8-10)9-12(15)11-4-2-3-5-13(11)16-14/h2-5,10,12,15H,6-9H2,1H3. The van der Waals surface area contributed by atoms with Crippen LogP contribution in [0.5, 0.6) is 5.75 Å². The van der Waals surface area contributed by atoms with E-state index in [1.54, 1.807) is 0 Å². The average molecular weight is 218 g/mol. The number of para-hydroxylation sites is 1. The van der Waals surface area contributed by atoms with E-state index in [4.69, 9.17) is 4.74 Å². The van der Waals surface area contributed by atoms with Gasteiger partial charge >= 0.3 is 0 Å². The molecule has 1 aromatic rings. The predicted octanol–water partition coefficient (Wildman–Crippen LogP) is 3.06. The fourth-order valence-corrected chi connectivity index (χ4v) is 3.21. The molecular formula is C14H18O2. The Hall–Kier alpha value is -1.02. The van der Waals surface area contributed by atoms with Crippen molar-refractivity contribution in [1.29, 1.82) is 0 Å². The summed E-state index contributed by atoms with van der Waals surface area (Å²) in [5.41, 5.74) is 0.861. The highest BCUT2D eigenvalue weighted by Gasteiger charge is 2.44. The lowest BCUT2D eigenvalue weighted by Gasteiger charge is -2.38. The molecule has 1 aliphatic heterocycles. The first-order valence-corrected chi connectivity index (χ1v) is 6.15. The molecule has 1 saturated carbocycles. The first kappa shape index (κ1) is 10.2. The van der Waals surface area contributed by atoms with Gasteiger partial charge in [0.2, 0.25) is 0 Å². The van der Waals surface area contributed by atoms with Gasteiger partial charge in [-0.1, -0.05) is 25.1 Å². The predicted molar refractivity (Wildman–Crippen MR) is 62.4 cm³/mol. The molecule has 1 heterocycles. The smallest absolute Gasteiger partial charge is 0.125 e. The first-order valence-electron chi connectivity index (χ1n) is 6.15. The van der Waals surface area contributed by atoms with E-state index in [1.165, 1.54) is 6.42 Å². The molecule has 1 fully saturated rings. The molecule has 3 atom stereocenters. The number of fused-ring (bicyclic) bond motifs is 1. The molecule has 2 aliphatic rings. The third-order valence-electron chi connectivity index (χ3n) is 3.98. The van der Waals surface area contributed by atoms with Crippen LogP contribution in [0.3, 0.4) is 0 Å². The molecule has 1 spiro atoms. The maximum Gasteiger partial charge on any atom is 0.125 e. The van der Waals surface area contributed by atoms with E-state index in [9.17, 15) is 5.11 Å². The van der Waals surface area contributed by atoms with Gasteiger partial charge < -0.3 is 9.84 Å². The van der Waals surface area contributed by atoms with E-state index in [-0.39, 0.29) is 11.7 Å². The maximum absolute atomic E-state index is 10.2. The second-order valence-corrected chi connectivity index (χ2v) is 5.39. The molecule has 1 aliphatic carbocycles. The molecule has 3 unspecified atom stereocenters. The summed E-state index contributed by atoms with van der Waals surface area (Å²) >= 11 is 0. The normalized spacial score (nSPS) is 37.1. The minimum Gasteiger partial charge on any atom is -0.487 e. The van der Waals surface area contributed by atoms with Crippen LogP contribution in [0.15, 0.2) is 24.3 Å². The van der Waals surface area contributed by atoms with Crippen LogP contribution >= 0.6 is 0 Å². The van der Waals surface area contributed by atoms with Gasteiger partial charge in [0.1, 0.15) is 11.4 Å². The van der Waals surface area contributed by atoms with E-state index in [0.717, 1.165) is 36.5 Å². The lowest BCUT2D eigenvalue weighted by Crippen LogP contribution is -2.38. The van der Waals surface area contributed by atoms with Gasteiger partial charge in [-0.25, -0.2) is 0 Å². The van der Waals surface area contributed by atoms with Crippen LogP contribution in [-0.2, 0) is 0 Å². The Morgan fingerprint density at radius 3 is 2.88 bits per heavy atom. The van der Waals surface area contributed by atoms with Crippen LogP contribution in [0.25, 0.3) is 0 Å². The molecular weight excluding hydrogens is 200 g/mol. The fraction of sp³-hybridized carbons (Fsp3) is 0.571. The van der Waals surface area contributed by atoms with E-state index < -0.39 is 0 Å². The number of aliphatic hydroxyl groups excluding tert-OH is 1. The van der Waals surface area contributed by atoms with E-state index in [2.05, 4.69) is 6.92 Å². The Bertz CT molecular complexity index is 401. The molecule has 0 amide bonds. The van der Waals surface area contributed by atoms with Crippen molar-refractivity contribution < 1.29 is 9.84 Å². The fourth-order valence-electron chi connectivity index (χ4n) is 3.21. The minimum absolute atomic E-state index is 0.0901. The summed E-state index contributed by atoms with van der Waals surface area (Å²) in [4.78, 5) is 0. The molecule has 0 radical (unpaired) electrons. The SMILES string of the molecule is CC1CCC2(C1)CC(O)c1ccccc1O2. The number of benzene rings is 1. The van der Waals surface area contributed by atoms with Crippen molar-refractivity contribution in [3.05, 3.63) is 29.8 Å². The van der Waals surface area contributed by atoms with E-state index in [0.29, 0.717) is 0 Å². The lowest BCUT2D eigenvalue weighted by molar-refractivity contribution is -0.0116. The Morgan fingerprint density at radius 1 is 1.31 bits per heavy atom. The summed E-state index contributed by atoms with van der Waals surface area (Å²) in [6, 6.07) is 7.87. The number of ether oxygens (including phenoxy) is 1. The highest BCUT2D eigenvalue weighted by molar-refractivity contribution is 5.38. The van der Waals surface area contributed by atoms with Crippen LogP contribution in [0, 0.1) is 5.92 Å². The zero-order chi connectivity index (χ0) is 11.2. The molecule has 1 aromatic carbocycles. The van der Waals surface area contributed by atoms with Gasteiger partial charge in [-0.05, 0) is 31.2 Å². The maximum atomic E-state index is 10.2. The Morgan fingerprint density at radius 2 is 2.12 bits per heavy atom. The highest BCUT2D eigenvalue weighted by atomic mass is 16.5. The summed E-state index contributed by atoms with van der Waals surface area (Å²) in [7, 11) is 0. The molecule has 16 heavy (non-hydrogen) atoms. The van der Waals surface area contributed by atoms with Gasteiger partial charge in [0, 0.05) is 12.0 Å². The van der Waals surface area contributed by atoms with Crippen LogP contribution < -0.4 is 4.74 Å². The van der Waals surface area contributed by atoms with Gasteiger partial charge in [-0.15, -0.1) is 0 Å². The molecule has 86 valence electrons. The monoisotopic (exact) mass is 218 g/mol. The van der Waals surface area contributed by atoms with Crippen molar-refractivity contribution in [1.82, 2.24) is 0 Å². The number of rotatable bonds is 0. The average Bonchev–Trinajstić information content (AvgIpc) is 2.59. The largest absolute Gasteiger partial charge is 0.487 e. The van der Waals surface area contributed by atoms with Crippen molar-refractivity contribution in [2.75, 3.05) is 0 Å². The van der Waals surface area contributed by atoms with Gasteiger partial charge in [-0.3, -0.25) is 0 Å². The molecule has 0 saturated heterocycles. The zero-order valence-corrected chi connectivity index (χ0v) is 9.65. The third kappa shape index (κ3) is 1.52. The Labute approximate surface area is 96.2 Å². The summed E-state index contributed by atoms with van der Waals surface area (Å²) in [5.74, 6) is 1.60. The second-order valence-electron chi connectivity index (χ2n) is 5.39. The lowest BCUT2D eigenvalue weighted by atomic mass is 9.87. The zero-order valence-electron chi connectivity index (χ0n) is 9.65. The van der Waals surface area contributed by atoms with Gasteiger partial charge in [0.15, 0.2) is 0 Å². The van der Waals surface area contributed by atoms with E-state index in [1.807, 2.05) is 24.3 Å². The Kier molecular flexibility index (Phi) is 2.21. The summed E-state index contributed by atoms with van der Waals surface area (Å²) in [6.07, 6.45) is 3.79. The molecule has 3 rings (SSSR count). The molecule has 0 bridgehead atoms. The Balaban J connectivity index is 1.95. The number of aliphatic hydroxyl groups is 1. The highest BCUT2D eigenvalue weighted by Crippen LogP contribution is 2.48. The van der Waals surface area contributed by atoms with Crippen molar-refractivity contribution >= 4 is 0 Å². The van der Waals surface area contributed by atoms with Crippen molar-refractivity contribution in [2.45, 2.75) is 44.3 Å². The quantitative estimate of drug-likeness (QED) is 0.725. The summed E-state index contributed by atoms with van der Waals surface area (Å²) in [6.45, 7) is 2.27. The minimum atomic E-state index is -0.352. The van der Waals surface area contributed by atoms with Gasteiger partial charge in [0.05, 0.1) is 6.10 Å².